The molecule has 0 atom stereocenters. The minimum atomic E-state index is 0.639. The van der Waals surface area contributed by atoms with Crippen LogP contribution in [0.2, 0.25) is 0 Å². The predicted molar refractivity (Wildman–Crippen MR) is 158 cm³/mol. The Morgan fingerprint density at radius 3 is 2.05 bits per heavy atom. The van der Waals surface area contributed by atoms with E-state index in [9.17, 15) is 0 Å². The Kier molecular flexibility index (Phi) is 14.4. The first-order valence-corrected chi connectivity index (χ1v) is 15.5. The molecule has 1 aromatic heterocycles. The van der Waals surface area contributed by atoms with E-state index in [2.05, 4.69) is 48.1 Å². The van der Waals surface area contributed by atoms with Crippen LogP contribution in [0.15, 0.2) is 48.8 Å². The molecule has 37 heavy (non-hydrogen) atoms. The van der Waals surface area contributed by atoms with Crippen LogP contribution in [0.25, 0.3) is 11.4 Å². The number of unbranched alkanes of at least 4 members (excludes halogenated alkanes) is 9. The van der Waals surface area contributed by atoms with Gasteiger partial charge in [-0.3, -0.25) is 0 Å². The summed E-state index contributed by atoms with van der Waals surface area (Å²) in [4.78, 5) is 9.23. The predicted octanol–water partition coefficient (Wildman–Crippen LogP) is 10.1. The van der Waals surface area contributed by atoms with Crippen LogP contribution in [0.1, 0.15) is 122 Å². The average molecular weight is 505 g/mol. The summed E-state index contributed by atoms with van der Waals surface area (Å²) in [5.41, 5.74) is 2.28. The van der Waals surface area contributed by atoms with Crippen LogP contribution in [0.3, 0.4) is 0 Å². The van der Waals surface area contributed by atoms with Gasteiger partial charge in [0.15, 0.2) is 5.82 Å². The molecule has 0 unspecified atom stereocenters. The minimum absolute atomic E-state index is 0.639. The van der Waals surface area contributed by atoms with E-state index in [0.29, 0.717) is 6.61 Å². The third-order valence-corrected chi connectivity index (χ3v) is 8.00. The Hall–Kier alpha value is -2.16. The van der Waals surface area contributed by atoms with Crippen molar-refractivity contribution in [2.75, 3.05) is 6.61 Å². The fraction of sp³-hybridized carbons (Fsp3) is 0.647. The number of rotatable bonds is 18. The first-order chi connectivity index (χ1) is 18.3. The monoisotopic (exact) mass is 504 g/mol. The summed E-state index contributed by atoms with van der Waals surface area (Å²) in [5, 5.41) is 0. The van der Waals surface area contributed by atoms with Gasteiger partial charge < -0.3 is 4.74 Å². The highest BCUT2D eigenvalue weighted by atomic mass is 16.5. The van der Waals surface area contributed by atoms with Gasteiger partial charge in [-0.05, 0) is 80.2 Å². The number of aromatic nitrogens is 2. The van der Waals surface area contributed by atoms with Crippen molar-refractivity contribution in [3.8, 4) is 17.1 Å². The van der Waals surface area contributed by atoms with Crippen LogP contribution in [0.4, 0.5) is 0 Å². The molecule has 1 fully saturated rings. The Morgan fingerprint density at radius 1 is 0.757 bits per heavy atom. The van der Waals surface area contributed by atoms with E-state index in [0.717, 1.165) is 35.4 Å². The Bertz CT molecular complexity index is 850. The number of allylic oxidation sites excluding steroid dienone is 1. The highest BCUT2D eigenvalue weighted by Gasteiger charge is 2.18. The molecule has 1 aliphatic carbocycles. The van der Waals surface area contributed by atoms with Gasteiger partial charge in [0, 0.05) is 18.0 Å². The zero-order valence-electron chi connectivity index (χ0n) is 23.8. The lowest BCUT2D eigenvalue weighted by Gasteiger charge is -2.26. The summed E-state index contributed by atoms with van der Waals surface area (Å²) < 4.78 is 5.96. The SMILES string of the molecule is CCCCCCCCCCc1cnc(-c2ccc(OC/C=C/C3CCC(CCCCC)CC3)cc2)nc1. The molecule has 1 heterocycles. The molecular weight excluding hydrogens is 452 g/mol. The Morgan fingerprint density at radius 2 is 1.38 bits per heavy atom. The minimum Gasteiger partial charge on any atom is -0.490 e. The first-order valence-electron chi connectivity index (χ1n) is 15.5. The molecule has 3 rings (SSSR count). The summed E-state index contributed by atoms with van der Waals surface area (Å²) in [7, 11) is 0. The van der Waals surface area contributed by atoms with Gasteiger partial charge in [0.25, 0.3) is 0 Å². The lowest BCUT2D eigenvalue weighted by molar-refractivity contribution is 0.288. The summed E-state index contributed by atoms with van der Waals surface area (Å²) >= 11 is 0. The molecule has 0 aliphatic heterocycles. The van der Waals surface area contributed by atoms with Crippen LogP contribution >= 0.6 is 0 Å². The van der Waals surface area contributed by atoms with Crippen LogP contribution in [0.5, 0.6) is 5.75 Å². The molecule has 1 aliphatic rings. The van der Waals surface area contributed by atoms with Crippen molar-refractivity contribution in [1.82, 2.24) is 9.97 Å². The lowest BCUT2D eigenvalue weighted by atomic mass is 9.79. The summed E-state index contributed by atoms with van der Waals surface area (Å²) in [5.74, 6) is 3.40. The zero-order chi connectivity index (χ0) is 26.0. The van der Waals surface area contributed by atoms with E-state index in [1.54, 1.807) is 0 Å². The Labute approximate surface area is 227 Å². The van der Waals surface area contributed by atoms with Gasteiger partial charge in [-0.2, -0.15) is 0 Å². The average Bonchev–Trinajstić information content (AvgIpc) is 2.94. The van der Waals surface area contributed by atoms with Gasteiger partial charge in [-0.25, -0.2) is 9.97 Å². The largest absolute Gasteiger partial charge is 0.490 e. The van der Waals surface area contributed by atoms with E-state index in [-0.39, 0.29) is 0 Å². The van der Waals surface area contributed by atoms with Gasteiger partial charge >= 0.3 is 0 Å². The van der Waals surface area contributed by atoms with Gasteiger partial charge in [-0.15, -0.1) is 0 Å². The molecule has 0 saturated heterocycles. The molecule has 2 aromatic rings. The standard InChI is InChI=1S/C34H52N2O/c1-3-5-7-8-9-10-11-13-16-31-27-35-34(36-28-31)32-22-24-33(25-23-32)37-26-14-17-30-20-18-29(19-21-30)15-12-6-4-2/h14,17,22-25,27-30H,3-13,15-16,18-21,26H2,1-2H3/b17-14+. The van der Waals surface area contributed by atoms with E-state index >= 15 is 0 Å². The second kappa shape index (κ2) is 18.2. The fourth-order valence-corrected chi connectivity index (χ4v) is 5.54. The number of hydrogen-bond acceptors (Lipinski definition) is 3. The van der Waals surface area contributed by atoms with Crippen LogP contribution in [-0.4, -0.2) is 16.6 Å². The van der Waals surface area contributed by atoms with Crippen LogP contribution in [0, 0.1) is 11.8 Å². The Balaban J connectivity index is 1.30. The van der Waals surface area contributed by atoms with E-state index < -0.39 is 0 Å². The highest BCUT2D eigenvalue weighted by Crippen LogP contribution is 2.32. The van der Waals surface area contributed by atoms with Crippen LogP contribution in [-0.2, 0) is 6.42 Å². The number of aryl methyl sites for hydroxylation is 1. The normalized spacial score (nSPS) is 17.9. The molecule has 0 bridgehead atoms. The van der Waals surface area contributed by atoms with Gasteiger partial charge in [0.1, 0.15) is 12.4 Å². The van der Waals surface area contributed by atoms with Crippen molar-refractivity contribution in [2.45, 2.75) is 123 Å². The van der Waals surface area contributed by atoms with Crippen molar-refractivity contribution in [3.05, 3.63) is 54.4 Å². The molecular formula is C34H52N2O. The van der Waals surface area contributed by atoms with E-state index in [1.165, 1.54) is 108 Å². The maximum absolute atomic E-state index is 5.96. The summed E-state index contributed by atoms with van der Waals surface area (Å²) in [6.45, 7) is 5.21. The van der Waals surface area contributed by atoms with Gasteiger partial charge in [0.05, 0.1) is 0 Å². The quantitative estimate of drug-likeness (QED) is 0.150. The third-order valence-electron chi connectivity index (χ3n) is 8.00. The smallest absolute Gasteiger partial charge is 0.159 e. The zero-order valence-corrected chi connectivity index (χ0v) is 23.8. The molecule has 204 valence electrons. The molecule has 0 amide bonds. The van der Waals surface area contributed by atoms with Gasteiger partial charge in [0.2, 0.25) is 0 Å². The number of hydrogen-bond donors (Lipinski definition) is 0. The van der Waals surface area contributed by atoms with Crippen molar-refractivity contribution >= 4 is 0 Å². The second-order valence-electron chi connectivity index (χ2n) is 11.2. The number of nitrogens with zero attached hydrogens (tertiary/aromatic N) is 2. The molecule has 0 N–H and O–H groups in total. The molecule has 3 heteroatoms. The molecule has 1 saturated carbocycles. The summed E-state index contributed by atoms with van der Waals surface area (Å²) in [6, 6.07) is 8.18. The summed E-state index contributed by atoms with van der Waals surface area (Å²) in [6.07, 6.45) is 31.6. The van der Waals surface area contributed by atoms with Crippen molar-refractivity contribution in [3.63, 3.8) is 0 Å². The van der Waals surface area contributed by atoms with Crippen molar-refractivity contribution in [1.29, 1.82) is 0 Å². The maximum atomic E-state index is 5.96. The molecule has 0 spiro atoms. The third kappa shape index (κ3) is 11.8. The van der Waals surface area contributed by atoms with E-state index in [4.69, 9.17) is 4.74 Å². The van der Waals surface area contributed by atoms with Gasteiger partial charge in [-0.1, -0.05) is 96.6 Å². The topological polar surface area (TPSA) is 35.0 Å². The van der Waals surface area contributed by atoms with Crippen molar-refractivity contribution in [2.24, 2.45) is 11.8 Å². The fourth-order valence-electron chi connectivity index (χ4n) is 5.54. The first kappa shape index (κ1) is 29.4. The van der Waals surface area contributed by atoms with Crippen molar-refractivity contribution < 1.29 is 4.74 Å². The number of ether oxygens (including phenoxy) is 1. The highest BCUT2D eigenvalue weighted by molar-refractivity contribution is 5.55. The molecule has 3 nitrogen and oxygen atoms in total. The molecule has 1 aromatic carbocycles. The lowest BCUT2D eigenvalue weighted by Crippen LogP contribution is -2.13. The van der Waals surface area contributed by atoms with Crippen LogP contribution < -0.4 is 4.74 Å². The van der Waals surface area contributed by atoms with E-state index in [1.807, 2.05) is 24.5 Å². The maximum Gasteiger partial charge on any atom is 0.159 e. The number of benzene rings is 1. The molecule has 0 radical (unpaired) electrons. The second-order valence-corrected chi connectivity index (χ2v) is 11.2.